The Bertz CT molecular complexity index is 365. The van der Waals surface area contributed by atoms with Crippen molar-refractivity contribution in [2.75, 3.05) is 0 Å². The molecule has 1 fully saturated rings. The van der Waals surface area contributed by atoms with E-state index in [4.69, 9.17) is 5.10 Å². The van der Waals surface area contributed by atoms with Crippen molar-refractivity contribution in [2.45, 2.75) is 83.8 Å². The molecule has 0 bridgehead atoms. The lowest BCUT2D eigenvalue weighted by Crippen LogP contribution is -2.43. The van der Waals surface area contributed by atoms with Crippen molar-refractivity contribution >= 4 is 0 Å². The monoisotopic (exact) mass is 263 g/mol. The summed E-state index contributed by atoms with van der Waals surface area (Å²) in [5.74, 6) is 0. The zero-order chi connectivity index (χ0) is 13.7. The highest BCUT2D eigenvalue weighted by atomic mass is 15.3. The molecule has 0 saturated heterocycles. The number of nitrogens with one attached hydrogen (secondary N) is 1. The van der Waals surface area contributed by atoms with Crippen LogP contribution in [0.1, 0.15) is 77.5 Å². The van der Waals surface area contributed by atoms with Gasteiger partial charge in [-0.2, -0.15) is 5.10 Å². The predicted octanol–water partition coefficient (Wildman–Crippen LogP) is 4.06. The minimum Gasteiger partial charge on any atom is -0.306 e. The van der Waals surface area contributed by atoms with Crippen LogP contribution in [-0.4, -0.2) is 15.3 Å². The maximum Gasteiger partial charge on any atom is 0.0762 e. The van der Waals surface area contributed by atoms with Crippen LogP contribution in [0.15, 0.2) is 12.3 Å². The topological polar surface area (TPSA) is 29.9 Å². The Labute approximate surface area is 117 Å². The molecule has 1 aromatic rings. The minimum atomic E-state index is 0.289. The fraction of sp³-hybridized carbons (Fsp3) is 0.812. The van der Waals surface area contributed by atoms with E-state index < -0.39 is 0 Å². The number of hydrogen-bond acceptors (Lipinski definition) is 2. The third-order valence-corrected chi connectivity index (χ3v) is 5.04. The third-order valence-electron chi connectivity index (χ3n) is 5.04. The van der Waals surface area contributed by atoms with Gasteiger partial charge in [-0.25, -0.2) is 0 Å². The van der Waals surface area contributed by atoms with Gasteiger partial charge in [-0.05, 0) is 38.2 Å². The number of nitrogens with zero attached hydrogens (tertiary/aromatic N) is 2. The van der Waals surface area contributed by atoms with Crippen molar-refractivity contribution in [3.05, 3.63) is 18.0 Å². The fourth-order valence-electron chi connectivity index (χ4n) is 3.25. The molecule has 1 aromatic heterocycles. The average molecular weight is 263 g/mol. The molecular formula is C16H29N3. The summed E-state index contributed by atoms with van der Waals surface area (Å²) >= 11 is 0. The molecule has 3 nitrogen and oxygen atoms in total. The molecule has 2 rings (SSSR count). The largest absolute Gasteiger partial charge is 0.306 e. The van der Waals surface area contributed by atoms with Crippen molar-refractivity contribution in [2.24, 2.45) is 0 Å². The zero-order valence-electron chi connectivity index (χ0n) is 12.8. The van der Waals surface area contributed by atoms with Gasteiger partial charge in [0.15, 0.2) is 0 Å². The molecule has 0 amide bonds. The van der Waals surface area contributed by atoms with E-state index in [0.29, 0.717) is 6.04 Å². The van der Waals surface area contributed by atoms with Gasteiger partial charge in [-0.15, -0.1) is 0 Å². The molecular weight excluding hydrogens is 234 g/mol. The van der Waals surface area contributed by atoms with Gasteiger partial charge in [0.1, 0.15) is 0 Å². The highest BCUT2D eigenvalue weighted by molar-refractivity contribution is 5.01. The first-order valence-corrected chi connectivity index (χ1v) is 8.02. The van der Waals surface area contributed by atoms with E-state index in [1.54, 1.807) is 0 Å². The van der Waals surface area contributed by atoms with Gasteiger partial charge in [-0.3, -0.25) is 4.68 Å². The first-order chi connectivity index (χ1) is 9.23. The first kappa shape index (κ1) is 14.6. The molecule has 1 aliphatic rings. The molecule has 1 heterocycles. The summed E-state index contributed by atoms with van der Waals surface area (Å²) in [6, 6.07) is 2.83. The van der Waals surface area contributed by atoms with Crippen LogP contribution in [0.3, 0.4) is 0 Å². The molecule has 0 spiro atoms. The standard InChI is InChI=1S/C16H29N3/c1-4-16(5-2,6-3)17-13-14-11-12-19(18-14)15-9-7-8-10-15/h11-12,15,17H,4-10,13H2,1-3H3. The van der Waals surface area contributed by atoms with Crippen molar-refractivity contribution in [3.8, 4) is 0 Å². The fourth-order valence-corrected chi connectivity index (χ4v) is 3.25. The summed E-state index contributed by atoms with van der Waals surface area (Å²) in [6.45, 7) is 7.72. The van der Waals surface area contributed by atoms with E-state index in [2.05, 4.69) is 43.0 Å². The van der Waals surface area contributed by atoms with E-state index in [1.807, 2.05) is 0 Å². The molecule has 1 N–H and O–H groups in total. The summed E-state index contributed by atoms with van der Waals surface area (Å²) in [5.41, 5.74) is 1.48. The SMILES string of the molecule is CCC(CC)(CC)NCc1ccn(C2CCCC2)n1. The van der Waals surface area contributed by atoms with Crippen LogP contribution in [0.25, 0.3) is 0 Å². The molecule has 3 heteroatoms. The highest BCUT2D eigenvalue weighted by Crippen LogP contribution is 2.28. The molecule has 19 heavy (non-hydrogen) atoms. The summed E-state index contributed by atoms with van der Waals surface area (Å²) in [7, 11) is 0. The van der Waals surface area contributed by atoms with Gasteiger partial charge in [0.25, 0.3) is 0 Å². The molecule has 108 valence electrons. The van der Waals surface area contributed by atoms with Crippen LogP contribution in [0.5, 0.6) is 0 Å². The van der Waals surface area contributed by atoms with Gasteiger partial charge in [-0.1, -0.05) is 33.6 Å². The van der Waals surface area contributed by atoms with Crippen molar-refractivity contribution < 1.29 is 0 Å². The minimum absolute atomic E-state index is 0.289. The van der Waals surface area contributed by atoms with Gasteiger partial charge >= 0.3 is 0 Å². The Morgan fingerprint density at radius 1 is 1.21 bits per heavy atom. The Balaban J connectivity index is 1.92. The summed E-state index contributed by atoms with van der Waals surface area (Å²) in [5, 5.41) is 8.48. The lowest BCUT2D eigenvalue weighted by atomic mass is 9.90. The smallest absolute Gasteiger partial charge is 0.0762 e. The summed E-state index contributed by atoms with van der Waals surface area (Å²) in [6.07, 6.45) is 11.1. The van der Waals surface area contributed by atoms with Gasteiger partial charge in [0, 0.05) is 18.3 Å². The molecule has 0 radical (unpaired) electrons. The van der Waals surface area contributed by atoms with Crippen LogP contribution in [0, 0.1) is 0 Å². The average Bonchev–Trinajstić information content (AvgIpc) is 3.12. The van der Waals surface area contributed by atoms with Gasteiger partial charge < -0.3 is 5.32 Å². The van der Waals surface area contributed by atoms with Gasteiger partial charge in [0.05, 0.1) is 11.7 Å². The van der Waals surface area contributed by atoms with E-state index in [0.717, 1.165) is 6.54 Å². The maximum absolute atomic E-state index is 4.75. The first-order valence-electron chi connectivity index (χ1n) is 8.02. The normalized spacial score (nSPS) is 17.2. The van der Waals surface area contributed by atoms with Crippen LogP contribution in [0.4, 0.5) is 0 Å². The van der Waals surface area contributed by atoms with E-state index in [1.165, 1.54) is 50.6 Å². The highest BCUT2D eigenvalue weighted by Gasteiger charge is 2.23. The van der Waals surface area contributed by atoms with E-state index in [9.17, 15) is 0 Å². The second-order valence-electron chi connectivity index (χ2n) is 5.92. The lowest BCUT2D eigenvalue weighted by Gasteiger charge is -2.31. The molecule has 1 saturated carbocycles. The van der Waals surface area contributed by atoms with Crippen LogP contribution >= 0.6 is 0 Å². The Kier molecular flexibility index (Phi) is 5.03. The van der Waals surface area contributed by atoms with Crippen LogP contribution in [0.2, 0.25) is 0 Å². The number of aromatic nitrogens is 2. The Morgan fingerprint density at radius 3 is 2.42 bits per heavy atom. The molecule has 0 aromatic carbocycles. The molecule has 1 aliphatic carbocycles. The van der Waals surface area contributed by atoms with Crippen molar-refractivity contribution in [1.29, 1.82) is 0 Å². The second-order valence-corrected chi connectivity index (χ2v) is 5.92. The predicted molar refractivity (Wildman–Crippen MR) is 80.2 cm³/mol. The number of rotatable bonds is 7. The quantitative estimate of drug-likeness (QED) is 0.804. The van der Waals surface area contributed by atoms with E-state index >= 15 is 0 Å². The zero-order valence-corrected chi connectivity index (χ0v) is 12.8. The van der Waals surface area contributed by atoms with Crippen molar-refractivity contribution in [3.63, 3.8) is 0 Å². The molecule has 0 unspecified atom stereocenters. The number of hydrogen-bond donors (Lipinski definition) is 1. The van der Waals surface area contributed by atoms with E-state index in [-0.39, 0.29) is 5.54 Å². The summed E-state index contributed by atoms with van der Waals surface area (Å²) < 4.78 is 2.19. The second kappa shape index (κ2) is 6.56. The molecule has 0 aliphatic heterocycles. The van der Waals surface area contributed by atoms with Crippen LogP contribution in [-0.2, 0) is 6.54 Å². The summed E-state index contributed by atoms with van der Waals surface area (Å²) in [4.78, 5) is 0. The lowest BCUT2D eigenvalue weighted by molar-refractivity contribution is 0.286. The Morgan fingerprint density at radius 2 is 1.84 bits per heavy atom. The van der Waals surface area contributed by atoms with Crippen molar-refractivity contribution in [1.82, 2.24) is 15.1 Å². The van der Waals surface area contributed by atoms with Gasteiger partial charge in [0.2, 0.25) is 0 Å². The third kappa shape index (κ3) is 3.38. The Hall–Kier alpha value is -0.830. The molecule has 0 atom stereocenters. The maximum atomic E-state index is 4.75. The van der Waals surface area contributed by atoms with Crippen LogP contribution < -0.4 is 5.32 Å².